The summed E-state index contributed by atoms with van der Waals surface area (Å²) < 4.78 is 71.3. The topological polar surface area (TPSA) is 74.8 Å². The summed E-state index contributed by atoms with van der Waals surface area (Å²) in [6, 6.07) is 12.0. The lowest BCUT2D eigenvalue weighted by atomic mass is 9.87. The molecule has 3 aromatic rings. The summed E-state index contributed by atoms with van der Waals surface area (Å²) in [5, 5.41) is 2.67. The molecule has 0 unspecified atom stereocenters. The van der Waals surface area contributed by atoms with Gasteiger partial charge in [-0.15, -0.1) is 0 Å². The number of carbonyl (C=O) groups is 2. The highest BCUT2D eigenvalue weighted by atomic mass is 35.5. The monoisotopic (exact) mass is 636 g/mol. The van der Waals surface area contributed by atoms with E-state index in [9.17, 15) is 31.5 Å². The predicted octanol–water partition coefficient (Wildman–Crippen LogP) is 6.67. The zero-order valence-electron chi connectivity index (χ0n) is 23.5. The Bertz CT molecular complexity index is 1460. The van der Waals surface area contributed by atoms with Gasteiger partial charge in [-0.2, -0.15) is 13.2 Å². The molecule has 2 aliphatic rings. The highest BCUT2D eigenvalue weighted by Gasteiger charge is 2.39. The molecule has 5 rings (SSSR count). The van der Waals surface area contributed by atoms with Crippen LogP contribution in [0.4, 0.5) is 32.6 Å². The molecule has 234 valence electrons. The number of amides is 2. The van der Waals surface area contributed by atoms with E-state index in [0.29, 0.717) is 56.8 Å². The van der Waals surface area contributed by atoms with Crippen molar-refractivity contribution in [3.63, 3.8) is 0 Å². The number of benzene rings is 2. The Hall–Kier alpha value is -3.93. The second-order valence-electron chi connectivity index (χ2n) is 11.0. The largest absolute Gasteiger partial charge is 0.417 e. The van der Waals surface area contributed by atoms with Gasteiger partial charge < -0.3 is 19.9 Å². The zero-order valence-corrected chi connectivity index (χ0v) is 24.3. The molecule has 2 fully saturated rings. The maximum Gasteiger partial charge on any atom is 0.417 e. The number of pyridine rings is 1. The van der Waals surface area contributed by atoms with Crippen LogP contribution < -0.4 is 15.0 Å². The van der Waals surface area contributed by atoms with Crippen molar-refractivity contribution in [3.05, 3.63) is 88.6 Å². The van der Waals surface area contributed by atoms with Crippen molar-refractivity contribution in [2.24, 2.45) is 11.8 Å². The maximum absolute atomic E-state index is 14.4. The molecule has 2 atom stereocenters. The van der Waals surface area contributed by atoms with Crippen LogP contribution in [0.1, 0.15) is 36.3 Å². The minimum absolute atomic E-state index is 0.00395. The number of hydrogen-bond donors (Lipinski definition) is 1. The SMILES string of the molecule is O=C(NCC[C@@H]1CN(C(=O)C2CCN(c3ccc(C(F)(F)F)cn3)CC2)C[C@H]1c1ccc(Cl)c(F)c1)Oc1ccc(F)cc1. The highest BCUT2D eigenvalue weighted by Crippen LogP contribution is 2.37. The Morgan fingerprint density at radius 3 is 2.36 bits per heavy atom. The first-order valence-electron chi connectivity index (χ1n) is 14.2. The first-order chi connectivity index (χ1) is 21.0. The molecule has 0 radical (unpaired) electrons. The summed E-state index contributed by atoms with van der Waals surface area (Å²) >= 11 is 5.90. The lowest BCUT2D eigenvalue weighted by molar-refractivity contribution is -0.138. The van der Waals surface area contributed by atoms with Gasteiger partial charge in [0, 0.05) is 50.8 Å². The standard InChI is InChI=1S/C31H30ClF5N4O3/c32-26-7-1-20(15-27(26)34)25-18-41(17-21(25)9-12-38-30(43)44-24-5-3-23(33)4-6-24)29(42)19-10-13-40(14-11-19)28-8-2-22(16-39-28)31(35,36)37/h1-8,15-16,19,21,25H,9-14,17-18H2,(H,38,43)/t21-,25+/m1/s1. The Morgan fingerprint density at radius 1 is 1.00 bits per heavy atom. The molecule has 7 nitrogen and oxygen atoms in total. The summed E-state index contributed by atoms with van der Waals surface area (Å²) in [5.74, 6) is -0.986. The summed E-state index contributed by atoms with van der Waals surface area (Å²) in [5.41, 5.74) is -0.116. The summed E-state index contributed by atoms with van der Waals surface area (Å²) in [4.78, 5) is 33.5. The van der Waals surface area contributed by atoms with E-state index in [0.717, 1.165) is 12.3 Å². The number of ether oxygens (including phenoxy) is 1. The first kappa shape index (κ1) is 31.5. The van der Waals surface area contributed by atoms with E-state index in [-0.39, 0.29) is 41.0 Å². The molecule has 0 aliphatic carbocycles. The van der Waals surface area contributed by atoms with Gasteiger partial charge in [-0.25, -0.2) is 18.6 Å². The number of carbonyl (C=O) groups excluding carboxylic acids is 2. The molecule has 2 saturated heterocycles. The molecule has 13 heteroatoms. The van der Waals surface area contributed by atoms with E-state index in [2.05, 4.69) is 10.3 Å². The van der Waals surface area contributed by atoms with Gasteiger partial charge in [-0.1, -0.05) is 17.7 Å². The zero-order chi connectivity index (χ0) is 31.4. The summed E-state index contributed by atoms with van der Waals surface area (Å²) in [6.07, 6.45) is -2.84. The number of anilines is 1. The third kappa shape index (κ3) is 7.58. The van der Waals surface area contributed by atoms with Crippen LogP contribution in [0, 0.1) is 23.5 Å². The number of nitrogens with zero attached hydrogens (tertiary/aromatic N) is 3. The Balaban J connectivity index is 1.19. The molecule has 1 N–H and O–H groups in total. The molecular formula is C31H30ClF5N4O3. The number of alkyl halides is 3. The fraction of sp³-hybridized carbons (Fsp3) is 0.387. The lowest BCUT2D eigenvalue weighted by Crippen LogP contribution is -2.42. The highest BCUT2D eigenvalue weighted by molar-refractivity contribution is 6.30. The molecule has 0 spiro atoms. The van der Waals surface area contributed by atoms with E-state index < -0.39 is 29.5 Å². The number of hydrogen-bond acceptors (Lipinski definition) is 5. The van der Waals surface area contributed by atoms with E-state index in [4.69, 9.17) is 16.3 Å². The minimum atomic E-state index is -4.46. The van der Waals surface area contributed by atoms with E-state index in [1.807, 2.05) is 4.90 Å². The number of rotatable bonds is 7. The first-order valence-corrected chi connectivity index (χ1v) is 14.6. The lowest BCUT2D eigenvalue weighted by Gasteiger charge is -2.34. The van der Waals surface area contributed by atoms with E-state index in [1.165, 1.54) is 42.5 Å². The fourth-order valence-corrected chi connectivity index (χ4v) is 5.94. The van der Waals surface area contributed by atoms with E-state index >= 15 is 0 Å². The smallest absolute Gasteiger partial charge is 0.410 e. The number of piperidine rings is 1. The molecule has 0 saturated carbocycles. The van der Waals surface area contributed by atoms with Crippen LogP contribution in [0.2, 0.25) is 5.02 Å². The van der Waals surface area contributed by atoms with Gasteiger partial charge >= 0.3 is 12.3 Å². The van der Waals surface area contributed by atoms with Crippen molar-refractivity contribution >= 4 is 29.4 Å². The second kappa shape index (κ2) is 13.4. The Kier molecular flexibility index (Phi) is 9.57. The third-order valence-corrected chi connectivity index (χ3v) is 8.48. The summed E-state index contributed by atoms with van der Waals surface area (Å²) in [7, 11) is 0. The summed E-state index contributed by atoms with van der Waals surface area (Å²) in [6.45, 7) is 1.95. The molecule has 1 aromatic heterocycles. The third-order valence-electron chi connectivity index (χ3n) is 8.18. The van der Waals surface area contributed by atoms with Gasteiger partial charge in [0.2, 0.25) is 5.91 Å². The van der Waals surface area contributed by atoms with Crippen molar-refractivity contribution in [1.29, 1.82) is 0 Å². The number of aromatic nitrogens is 1. The maximum atomic E-state index is 14.4. The van der Waals surface area contributed by atoms with Crippen molar-refractivity contribution in [2.45, 2.75) is 31.4 Å². The average molecular weight is 637 g/mol. The quantitative estimate of drug-likeness (QED) is 0.293. The second-order valence-corrected chi connectivity index (χ2v) is 11.4. The van der Waals surface area contributed by atoms with Crippen molar-refractivity contribution in [2.75, 3.05) is 37.6 Å². The van der Waals surface area contributed by atoms with Gasteiger partial charge in [0.25, 0.3) is 0 Å². The van der Waals surface area contributed by atoms with E-state index in [1.54, 1.807) is 11.0 Å². The van der Waals surface area contributed by atoms with Gasteiger partial charge in [0.1, 0.15) is 23.2 Å². The minimum Gasteiger partial charge on any atom is -0.410 e. The van der Waals surface area contributed by atoms with Crippen LogP contribution in [0.3, 0.4) is 0 Å². The normalized spacial score (nSPS) is 19.2. The van der Waals surface area contributed by atoms with Crippen molar-refractivity contribution in [3.8, 4) is 5.75 Å². The van der Waals surface area contributed by atoms with Crippen LogP contribution in [0.25, 0.3) is 0 Å². The fourth-order valence-electron chi connectivity index (χ4n) is 5.82. The number of likely N-dealkylation sites (tertiary alicyclic amines) is 1. The van der Waals surface area contributed by atoms with Gasteiger partial charge in [-0.3, -0.25) is 4.79 Å². The van der Waals surface area contributed by atoms with Crippen LogP contribution >= 0.6 is 11.6 Å². The van der Waals surface area contributed by atoms with Gasteiger partial charge in [0.15, 0.2) is 0 Å². The molecule has 2 amide bonds. The predicted molar refractivity (Wildman–Crippen MR) is 153 cm³/mol. The number of halogens is 6. The molecule has 2 aliphatic heterocycles. The average Bonchev–Trinajstić information content (AvgIpc) is 3.43. The van der Waals surface area contributed by atoms with Crippen LogP contribution in [0.15, 0.2) is 60.8 Å². The van der Waals surface area contributed by atoms with Crippen molar-refractivity contribution < 1.29 is 36.3 Å². The number of nitrogens with one attached hydrogen (secondary N) is 1. The molecule has 0 bridgehead atoms. The Labute approximate surface area is 255 Å². The van der Waals surface area contributed by atoms with Crippen LogP contribution in [-0.2, 0) is 11.0 Å². The molecule has 44 heavy (non-hydrogen) atoms. The van der Waals surface area contributed by atoms with Crippen LogP contribution in [-0.4, -0.2) is 54.6 Å². The molecular weight excluding hydrogens is 607 g/mol. The van der Waals surface area contributed by atoms with Gasteiger partial charge in [0.05, 0.1) is 10.6 Å². The molecule has 2 aromatic carbocycles. The van der Waals surface area contributed by atoms with Crippen LogP contribution in [0.5, 0.6) is 5.75 Å². The Morgan fingerprint density at radius 2 is 1.73 bits per heavy atom. The van der Waals surface area contributed by atoms with Crippen molar-refractivity contribution in [1.82, 2.24) is 15.2 Å². The van der Waals surface area contributed by atoms with Gasteiger partial charge in [-0.05, 0) is 79.3 Å². The molecule has 3 heterocycles.